The molecule has 1 N–H and O–H groups in total. The van der Waals surface area contributed by atoms with Crippen LogP contribution in [0.2, 0.25) is 5.04 Å². The Morgan fingerprint density at radius 1 is 0.902 bits per heavy atom. The van der Waals surface area contributed by atoms with Crippen molar-refractivity contribution in [3.63, 3.8) is 0 Å². The van der Waals surface area contributed by atoms with E-state index in [9.17, 15) is 9.59 Å². The summed E-state index contributed by atoms with van der Waals surface area (Å²) in [5.41, 5.74) is 2.49. The summed E-state index contributed by atoms with van der Waals surface area (Å²) in [7, 11) is 0.365. The number of methoxy groups -OCH3 is 2. The molecule has 5 rings (SSSR count). The Morgan fingerprint density at radius 3 is 2.12 bits per heavy atom. The molecule has 0 aromatic heterocycles. The molecule has 5 nitrogen and oxygen atoms in total. The minimum atomic E-state index is -2.97. The van der Waals surface area contributed by atoms with E-state index in [4.69, 9.17) is 9.47 Å². The molecule has 2 heterocycles. The molecule has 3 aromatic rings. The van der Waals surface area contributed by atoms with Crippen molar-refractivity contribution in [1.82, 2.24) is 4.90 Å². The predicted octanol–water partition coefficient (Wildman–Crippen LogP) is 5.67. The number of unbranched alkanes of at least 4 members (excludes halogenated alkanes) is 2. The van der Waals surface area contributed by atoms with Gasteiger partial charge in [0.15, 0.2) is 11.5 Å². The molecule has 0 amide bonds. The van der Waals surface area contributed by atoms with Crippen molar-refractivity contribution >= 4 is 24.5 Å². The molecular weight excluding hydrogens is 526 g/mol. The number of ketones is 1. The summed E-state index contributed by atoms with van der Waals surface area (Å²) in [4.78, 5) is 28.2. The van der Waals surface area contributed by atoms with Gasteiger partial charge in [0.1, 0.15) is 5.78 Å². The third-order valence-electron chi connectivity index (χ3n) is 9.64. The quantitative estimate of drug-likeness (QED) is 0.237. The summed E-state index contributed by atoms with van der Waals surface area (Å²) in [6.07, 6.45) is 6.61. The number of carbonyl (C=O) groups excluding carboxylic acids is 1. The first-order valence-corrected chi connectivity index (χ1v) is 17.1. The summed E-state index contributed by atoms with van der Waals surface area (Å²) in [5.74, 6) is 2.00. The number of piperidine rings is 1. The summed E-state index contributed by atoms with van der Waals surface area (Å²) >= 11 is 0. The summed E-state index contributed by atoms with van der Waals surface area (Å²) < 4.78 is 11.1. The molecular formula is C35H45NO4Si. The maximum absolute atomic E-state index is 13.3. The van der Waals surface area contributed by atoms with E-state index < -0.39 is 8.32 Å². The van der Waals surface area contributed by atoms with Gasteiger partial charge in [0, 0.05) is 31.5 Å². The number of hydrogen-bond donors (Lipinski definition) is 1. The van der Waals surface area contributed by atoms with Crippen LogP contribution in [0.3, 0.4) is 0 Å². The Balaban J connectivity index is 1.18. The van der Waals surface area contributed by atoms with Gasteiger partial charge in [0.25, 0.3) is 8.32 Å². The molecule has 0 bridgehead atoms. The third kappa shape index (κ3) is 5.88. The molecule has 2 aliphatic rings. The average molecular weight is 572 g/mol. The van der Waals surface area contributed by atoms with Crippen LogP contribution >= 0.6 is 0 Å². The Labute approximate surface area is 246 Å². The highest BCUT2D eigenvalue weighted by Crippen LogP contribution is 2.43. The van der Waals surface area contributed by atoms with E-state index in [1.54, 1.807) is 14.2 Å². The number of carbonyl (C=O) groups is 1. The van der Waals surface area contributed by atoms with Crippen molar-refractivity contribution in [3.8, 4) is 11.5 Å². The Bertz CT molecular complexity index is 1290. The number of benzene rings is 3. The zero-order valence-electron chi connectivity index (χ0n) is 25.1. The molecule has 41 heavy (non-hydrogen) atoms. The van der Waals surface area contributed by atoms with E-state index in [-0.39, 0.29) is 17.0 Å². The smallest absolute Gasteiger partial charge is 0.258 e. The molecule has 0 aliphatic carbocycles. The number of hydrogen-bond acceptors (Lipinski definition) is 5. The van der Waals surface area contributed by atoms with Gasteiger partial charge in [-0.25, -0.2) is 0 Å². The maximum atomic E-state index is 13.3. The Hall–Kier alpha value is -2.93. The molecule has 6 heteroatoms. The SMILES string of the molecule is COc1cc2c(cc1OC)[C@H]1CC(=O)[C@H](CCCCCC(C)(C)[Si](O)(c3ccccc3)c3ccccc3)CN1CC2. The lowest BCUT2D eigenvalue weighted by molar-refractivity contribution is -0.129. The lowest BCUT2D eigenvalue weighted by Gasteiger charge is -2.43. The number of fused-ring (bicyclic) bond motifs is 3. The van der Waals surface area contributed by atoms with Crippen molar-refractivity contribution in [3.05, 3.63) is 83.9 Å². The van der Waals surface area contributed by atoms with Crippen molar-refractivity contribution in [1.29, 1.82) is 0 Å². The molecule has 218 valence electrons. The van der Waals surface area contributed by atoms with Gasteiger partial charge in [-0.05, 0) is 57.9 Å². The maximum Gasteiger partial charge on any atom is 0.258 e. The van der Waals surface area contributed by atoms with Gasteiger partial charge in [-0.2, -0.15) is 0 Å². The van der Waals surface area contributed by atoms with E-state index >= 15 is 0 Å². The molecule has 1 saturated heterocycles. The molecule has 1 fully saturated rings. The highest BCUT2D eigenvalue weighted by Gasteiger charge is 2.49. The predicted molar refractivity (Wildman–Crippen MR) is 168 cm³/mol. The lowest BCUT2D eigenvalue weighted by Crippen LogP contribution is -2.65. The standard InChI is InChI=1S/C35H45NO4Si/c1-35(2,41(38,28-15-9-5-10-16-28)29-17-11-6-12-18-29)20-13-7-8-14-27-25-36-21-19-26-22-33(39-3)34(40-4)23-30(26)31(36)24-32(27)37/h5-6,9-12,15-18,22-23,27,31,38H,7-8,13-14,19-21,24-25H2,1-4H3/t27-,31-/m1/s1. The first-order valence-electron chi connectivity index (χ1n) is 15.1. The largest absolute Gasteiger partial charge is 0.493 e. The first kappa shape index (κ1) is 29.6. The monoisotopic (exact) mass is 571 g/mol. The zero-order valence-corrected chi connectivity index (χ0v) is 26.1. The van der Waals surface area contributed by atoms with Crippen LogP contribution in [0.4, 0.5) is 0 Å². The van der Waals surface area contributed by atoms with E-state index in [2.05, 4.69) is 55.1 Å². The van der Waals surface area contributed by atoms with Crippen molar-refractivity contribution in [2.24, 2.45) is 5.92 Å². The Kier molecular flexibility index (Phi) is 9.02. The topological polar surface area (TPSA) is 59.0 Å². The number of ether oxygens (including phenoxy) is 2. The average Bonchev–Trinajstić information content (AvgIpc) is 3.00. The van der Waals surface area contributed by atoms with Crippen molar-refractivity contribution < 1.29 is 19.1 Å². The second-order valence-electron chi connectivity index (χ2n) is 12.5. The Morgan fingerprint density at radius 2 is 1.51 bits per heavy atom. The van der Waals surface area contributed by atoms with Gasteiger partial charge >= 0.3 is 0 Å². The van der Waals surface area contributed by atoms with Crippen LogP contribution in [0.1, 0.15) is 69.5 Å². The van der Waals surface area contributed by atoms with Crippen LogP contribution < -0.4 is 19.8 Å². The number of Topliss-reactive ketones (excluding diaryl/α,β-unsaturated/α-hetero) is 1. The van der Waals surface area contributed by atoms with Gasteiger partial charge in [0.2, 0.25) is 0 Å². The normalized spacial score (nSPS) is 19.4. The second kappa shape index (κ2) is 12.5. The van der Waals surface area contributed by atoms with E-state index in [1.165, 1.54) is 11.1 Å². The van der Waals surface area contributed by atoms with Crippen LogP contribution in [-0.4, -0.2) is 51.1 Å². The fraction of sp³-hybridized carbons (Fsp3) is 0.457. The van der Waals surface area contributed by atoms with Crippen LogP contribution in [0.5, 0.6) is 11.5 Å². The highest BCUT2D eigenvalue weighted by molar-refractivity contribution is 6.98. The minimum absolute atomic E-state index is 0.112. The van der Waals surface area contributed by atoms with Crippen LogP contribution in [0, 0.1) is 5.92 Å². The third-order valence-corrected chi connectivity index (χ3v) is 14.2. The van der Waals surface area contributed by atoms with Crippen molar-refractivity contribution in [2.45, 2.75) is 69.9 Å². The minimum Gasteiger partial charge on any atom is -0.493 e. The van der Waals surface area contributed by atoms with Gasteiger partial charge in [-0.1, -0.05) is 93.8 Å². The molecule has 2 aliphatic heterocycles. The molecule has 2 atom stereocenters. The molecule has 0 unspecified atom stereocenters. The summed E-state index contributed by atoms with van der Waals surface area (Å²) in [6.45, 7) is 6.30. The van der Waals surface area contributed by atoms with E-state index in [0.29, 0.717) is 12.2 Å². The van der Waals surface area contributed by atoms with Crippen LogP contribution in [0.25, 0.3) is 0 Å². The lowest BCUT2D eigenvalue weighted by atomic mass is 9.81. The summed E-state index contributed by atoms with van der Waals surface area (Å²) in [5, 5.41) is 1.91. The van der Waals surface area contributed by atoms with Gasteiger partial charge < -0.3 is 14.3 Å². The second-order valence-corrected chi connectivity index (χ2v) is 16.4. The number of nitrogens with zero attached hydrogens (tertiary/aromatic N) is 1. The molecule has 0 spiro atoms. The van der Waals surface area contributed by atoms with Gasteiger partial charge in [-0.15, -0.1) is 0 Å². The molecule has 0 saturated carbocycles. The van der Waals surface area contributed by atoms with E-state index in [1.807, 2.05) is 36.4 Å². The fourth-order valence-corrected chi connectivity index (χ4v) is 10.9. The van der Waals surface area contributed by atoms with Crippen LogP contribution in [-0.2, 0) is 11.2 Å². The first-order chi connectivity index (χ1) is 19.8. The fourth-order valence-electron chi connectivity index (χ4n) is 7.15. The van der Waals surface area contributed by atoms with E-state index in [0.717, 1.165) is 73.5 Å². The molecule has 0 radical (unpaired) electrons. The zero-order chi connectivity index (χ0) is 29.0. The van der Waals surface area contributed by atoms with Crippen molar-refractivity contribution in [2.75, 3.05) is 27.3 Å². The number of rotatable bonds is 11. The highest BCUT2D eigenvalue weighted by atomic mass is 28.4. The van der Waals surface area contributed by atoms with Gasteiger partial charge in [0.05, 0.1) is 14.2 Å². The summed E-state index contributed by atoms with van der Waals surface area (Å²) in [6, 6.07) is 24.8. The molecule has 3 aromatic carbocycles. The van der Waals surface area contributed by atoms with Crippen LogP contribution in [0.15, 0.2) is 72.8 Å². The van der Waals surface area contributed by atoms with Gasteiger partial charge in [-0.3, -0.25) is 9.69 Å².